The van der Waals surface area contributed by atoms with Gasteiger partial charge in [-0.2, -0.15) is 5.10 Å². The summed E-state index contributed by atoms with van der Waals surface area (Å²) in [5, 5.41) is 4.05. The summed E-state index contributed by atoms with van der Waals surface area (Å²) in [7, 11) is 0. The number of amides is 1. The van der Waals surface area contributed by atoms with Gasteiger partial charge in [0, 0.05) is 18.8 Å². The molecule has 0 aromatic carbocycles. The van der Waals surface area contributed by atoms with Gasteiger partial charge >= 0.3 is 0 Å². The Morgan fingerprint density at radius 2 is 2.28 bits per heavy atom. The van der Waals surface area contributed by atoms with Crippen molar-refractivity contribution in [3.63, 3.8) is 0 Å². The maximum atomic E-state index is 12.3. The Morgan fingerprint density at radius 3 is 2.78 bits per heavy atom. The summed E-state index contributed by atoms with van der Waals surface area (Å²) >= 11 is 0. The molecule has 5 heteroatoms. The van der Waals surface area contributed by atoms with Gasteiger partial charge < -0.3 is 10.6 Å². The van der Waals surface area contributed by atoms with Crippen molar-refractivity contribution in [2.75, 3.05) is 12.3 Å². The Labute approximate surface area is 109 Å². The third-order valence-electron chi connectivity index (χ3n) is 3.15. The van der Waals surface area contributed by atoms with E-state index in [-0.39, 0.29) is 18.5 Å². The van der Waals surface area contributed by atoms with Crippen LogP contribution in [0.25, 0.3) is 0 Å². The highest BCUT2D eigenvalue weighted by Gasteiger charge is 2.18. The highest BCUT2D eigenvalue weighted by molar-refractivity contribution is 5.76. The molecule has 0 saturated heterocycles. The number of hydrogen-bond donors (Lipinski definition) is 1. The molecule has 0 radical (unpaired) electrons. The second-order valence-corrected chi connectivity index (χ2v) is 4.67. The monoisotopic (exact) mass is 252 g/mol. The lowest BCUT2D eigenvalue weighted by molar-refractivity contribution is -0.134. The second kappa shape index (κ2) is 7.03. The molecule has 1 amide bonds. The smallest absolute Gasteiger partial charge is 0.244 e. The first kappa shape index (κ1) is 14.5. The van der Waals surface area contributed by atoms with Crippen LogP contribution in [0.4, 0.5) is 5.69 Å². The van der Waals surface area contributed by atoms with Gasteiger partial charge in [-0.1, -0.05) is 20.3 Å². The lowest BCUT2D eigenvalue weighted by Crippen LogP contribution is -2.41. The summed E-state index contributed by atoms with van der Waals surface area (Å²) in [4.78, 5) is 14.2. The van der Waals surface area contributed by atoms with Crippen molar-refractivity contribution in [3.8, 4) is 0 Å². The van der Waals surface area contributed by atoms with Crippen LogP contribution in [-0.4, -0.2) is 33.2 Å². The minimum Gasteiger partial charge on any atom is -0.396 e. The molecule has 1 aromatic heterocycles. The standard InChI is InChI=1S/C13H24N4O/c1-4-6-7-17(11(3)5-2)13(18)10-16-9-12(14)8-15-16/h8-9,11H,4-7,10,14H2,1-3H3. The van der Waals surface area contributed by atoms with Crippen molar-refractivity contribution >= 4 is 11.6 Å². The molecule has 0 aliphatic heterocycles. The number of carbonyl (C=O) groups is 1. The maximum Gasteiger partial charge on any atom is 0.244 e. The van der Waals surface area contributed by atoms with Gasteiger partial charge in [0.15, 0.2) is 0 Å². The number of hydrogen-bond acceptors (Lipinski definition) is 3. The number of rotatable bonds is 7. The molecule has 0 fully saturated rings. The number of nitrogens with zero attached hydrogens (tertiary/aromatic N) is 3. The summed E-state index contributed by atoms with van der Waals surface area (Å²) in [5.41, 5.74) is 6.18. The number of nitrogen functional groups attached to an aromatic ring is 1. The molecule has 1 unspecified atom stereocenters. The van der Waals surface area contributed by atoms with E-state index in [4.69, 9.17) is 5.73 Å². The van der Waals surface area contributed by atoms with Gasteiger partial charge in [-0.05, 0) is 19.8 Å². The van der Waals surface area contributed by atoms with E-state index in [1.165, 1.54) is 0 Å². The van der Waals surface area contributed by atoms with Crippen LogP contribution in [0.3, 0.4) is 0 Å². The molecule has 1 rings (SSSR count). The Hall–Kier alpha value is -1.52. The molecule has 0 bridgehead atoms. The lowest BCUT2D eigenvalue weighted by Gasteiger charge is -2.28. The van der Waals surface area contributed by atoms with Gasteiger partial charge in [0.1, 0.15) is 6.54 Å². The predicted octanol–water partition coefficient (Wildman–Crippen LogP) is 1.89. The largest absolute Gasteiger partial charge is 0.396 e. The zero-order valence-electron chi connectivity index (χ0n) is 11.6. The molecule has 1 aromatic rings. The van der Waals surface area contributed by atoms with Crippen LogP contribution in [0.2, 0.25) is 0 Å². The fourth-order valence-corrected chi connectivity index (χ4v) is 1.84. The fraction of sp³-hybridized carbons (Fsp3) is 0.692. The first-order chi connectivity index (χ1) is 8.58. The summed E-state index contributed by atoms with van der Waals surface area (Å²) < 4.78 is 1.60. The molecular formula is C13H24N4O. The first-order valence-electron chi connectivity index (χ1n) is 6.65. The van der Waals surface area contributed by atoms with Crippen LogP contribution < -0.4 is 5.73 Å². The first-order valence-corrected chi connectivity index (χ1v) is 6.65. The molecule has 0 saturated carbocycles. The molecule has 5 nitrogen and oxygen atoms in total. The van der Waals surface area contributed by atoms with E-state index >= 15 is 0 Å². The maximum absolute atomic E-state index is 12.3. The zero-order chi connectivity index (χ0) is 13.5. The Balaban J connectivity index is 2.63. The lowest BCUT2D eigenvalue weighted by atomic mass is 10.2. The highest BCUT2D eigenvalue weighted by atomic mass is 16.2. The van der Waals surface area contributed by atoms with E-state index in [1.54, 1.807) is 17.1 Å². The number of nitrogens with two attached hydrogens (primary N) is 1. The van der Waals surface area contributed by atoms with Crippen LogP contribution in [0, 0.1) is 0 Å². The predicted molar refractivity (Wildman–Crippen MR) is 73.0 cm³/mol. The van der Waals surface area contributed by atoms with Crippen molar-refractivity contribution in [1.82, 2.24) is 14.7 Å². The third-order valence-corrected chi connectivity index (χ3v) is 3.15. The molecule has 102 valence electrons. The van der Waals surface area contributed by atoms with Gasteiger partial charge in [0.2, 0.25) is 5.91 Å². The van der Waals surface area contributed by atoms with Gasteiger partial charge in [-0.3, -0.25) is 9.48 Å². The topological polar surface area (TPSA) is 64.2 Å². The average Bonchev–Trinajstić information content (AvgIpc) is 2.74. The Morgan fingerprint density at radius 1 is 1.56 bits per heavy atom. The molecule has 0 spiro atoms. The molecule has 18 heavy (non-hydrogen) atoms. The van der Waals surface area contributed by atoms with Gasteiger partial charge in [-0.25, -0.2) is 0 Å². The Bertz CT molecular complexity index is 375. The summed E-state index contributed by atoms with van der Waals surface area (Å²) in [6.07, 6.45) is 6.35. The van der Waals surface area contributed by atoms with Crippen LogP contribution in [-0.2, 0) is 11.3 Å². The van der Waals surface area contributed by atoms with E-state index in [2.05, 4.69) is 25.9 Å². The summed E-state index contributed by atoms with van der Waals surface area (Å²) in [5.74, 6) is 0.112. The third kappa shape index (κ3) is 4.05. The molecular weight excluding hydrogens is 228 g/mol. The van der Waals surface area contributed by atoms with Gasteiger partial charge in [0.25, 0.3) is 0 Å². The number of carbonyl (C=O) groups excluding carboxylic acids is 1. The molecule has 0 aliphatic rings. The molecule has 1 heterocycles. The van der Waals surface area contributed by atoms with Crippen molar-refractivity contribution < 1.29 is 4.79 Å². The SMILES string of the molecule is CCCCN(C(=O)Cn1cc(N)cn1)C(C)CC. The Kier molecular flexibility index (Phi) is 5.68. The van der Waals surface area contributed by atoms with Crippen LogP contribution in [0.15, 0.2) is 12.4 Å². The van der Waals surface area contributed by atoms with Gasteiger partial charge in [-0.15, -0.1) is 0 Å². The van der Waals surface area contributed by atoms with Crippen molar-refractivity contribution in [3.05, 3.63) is 12.4 Å². The summed E-state index contributed by atoms with van der Waals surface area (Å²) in [6, 6.07) is 0.275. The number of unbranched alkanes of at least 4 members (excludes halogenated alkanes) is 1. The quantitative estimate of drug-likeness (QED) is 0.806. The van der Waals surface area contributed by atoms with Crippen LogP contribution in [0.1, 0.15) is 40.0 Å². The van der Waals surface area contributed by atoms with Crippen molar-refractivity contribution in [1.29, 1.82) is 0 Å². The van der Waals surface area contributed by atoms with E-state index < -0.39 is 0 Å². The summed E-state index contributed by atoms with van der Waals surface area (Å²) in [6.45, 7) is 7.41. The minimum absolute atomic E-state index is 0.112. The van der Waals surface area contributed by atoms with Crippen molar-refractivity contribution in [2.45, 2.75) is 52.6 Å². The minimum atomic E-state index is 0.112. The van der Waals surface area contributed by atoms with E-state index in [0.29, 0.717) is 5.69 Å². The molecule has 0 aliphatic carbocycles. The fourth-order valence-electron chi connectivity index (χ4n) is 1.84. The van der Waals surface area contributed by atoms with Crippen LogP contribution >= 0.6 is 0 Å². The number of anilines is 1. The zero-order valence-corrected chi connectivity index (χ0v) is 11.6. The van der Waals surface area contributed by atoms with E-state index in [0.717, 1.165) is 25.8 Å². The highest BCUT2D eigenvalue weighted by Crippen LogP contribution is 2.08. The van der Waals surface area contributed by atoms with Gasteiger partial charge in [0.05, 0.1) is 11.9 Å². The molecule has 1 atom stereocenters. The molecule has 2 N–H and O–H groups in total. The average molecular weight is 252 g/mol. The van der Waals surface area contributed by atoms with E-state index in [9.17, 15) is 4.79 Å². The van der Waals surface area contributed by atoms with Crippen LogP contribution in [0.5, 0.6) is 0 Å². The van der Waals surface area contributed by atoms with Crippen molar-refractivity contribution in [2.24, 2.45) is 0 Å². The number of aromatic nitrogens is 2. The normalized spacial score (nSPS) is 12.4. The second-order valence-electron chi connectivity index (χ2n) is 4.67. The van der Waals surface area contributed by atoms with E-state index in [1.807, 2.05) is 4.90 Å².